The number of sulfonamides is 1. The molecule has 1 N–H and O–H groups in total. The molecule has 0 saturated carbocycles. The van der Waals surface area contributed by atoms with Gasteiger partial charge in [0.1, 0.15) is 6.54 Å². The Balaban J connectivity index is 1.69. The number of fused-ring (bicyclic) bond motifs is 1. The van der Waals surface area contributed by atoms with Gasteiger partial charge in [0.25, 0.3) is 5.56 Å². The normalized spacial score (nSPS) is 12.9. The SMILES string of the molecule is CCN(CC)S(=O)(=O)c1ccc(=O)n(CC(=O)NCc2ccc3c(c2)OCO3)c1. The Labute approximate surface area is 168 Å². The van der Waals surface area contributed by atoms with Gasteiger partial charge in [-0.3, -0.25) is 9.59 Å². The highest BCUT2D eigenvalue weighted by Gasteiger charge is 2.22. The van der Waals surface area contributed by atoms with E-state index in [0.29, 0.717) is 24.6 Å². The molecule has 0 fully saturated rings. The van der Waals surface area contributed by atoms with E-state index in [1.54, 1.807) is 32.0 Å². The Hall–Kier alpha value is -2.85. The fourth-order valence-corrected chi connectivity index (χ4v) is 4.44. The summed E-state index contributed by atoms with van der Waals surface area (Å²) in [5, 5.41) is 2.71. The number of hydrogen-bond acceptors (Lipinski definition) is 6. The zero-order valence-corrected chi connectivity index (χ0v) is 17.1. The Morgan fingerprint density at radius 3 is 2.59 bits per heavy atom. The van der Waals surface area contributed by atoms with Crippen molar-refractivity contribution in [3.63, 3.8) is 0 Å². The maximum atomic E-state index is 12.6. The lowest BCUT2D eigenvalue weighted by atomic mass is 10.2. The first kappa shape index (κ1) is 20.9. The molecule has 1 aromatic carbocycles. The average molecular weight is 421 g/mol. The molecule has 0 saturated heterocycles. The molecule has 0 spiro atoms. The lowest BCUT2D eigenvalue weighted by Crippen LogP contribution is -2.34. The van der Waals surface area contributed by atoms with Gasteiger partial charge < -0.3 is 19.4 Å². The fourth-order valence-electron chi connectivity index (χ4n) is 2.96. The summed E-state index contributed by atoms with van der Waals surface area (Å²) < 4.78 is 38.2. The molecule has 0 radical (unpaired) electrons. The first-order chi connectivity index (χ1) is 13.8. The zero-order chi connectivity index (χ0) is 21.0. The summed E-state index contributed by atoms with van der Waals surface area (Å²) in [6, 6.07) is 7.75. The van der Waals surface area contributed by atoms with E-state index in [0.717, 1.165) is 16.2 Å². The zero-order valence-electron chi connectivity index (χ0n) is 16.3. The molecule has 0 atom stereocenters. The summed E-state index contributed by atoms with van der Waals surface area (Å²) in [6.45, 7) is 4.22. The largest absolute Gasteiger partial charge is 0.454 e. The van der Waals surface area contributed by atoms with Crippen molar-refractivity contribution in [2.75, 3.05) is 19.9 Å². The van der Waals surface area contributed by atoms with Crippen molar-refractivity contribution in [1.29, 1.82) is 0 Å². The van der Waals surface area contributed by atoms with Crippen molar-refractivity contribution in [3.8, 4) is 11.5 Å². The smallest absolute Gasteiger partial charge is 0.251 e. The van der Waals surface area contributed by atoms with Gasteiger partial charge in [-0.1, -0.05) is 19.9 Å². The average Bonchev–Trinajstić information content (AvgIpc) is 3.16. The molecule has 10 heteroatoms. The quantitative estimate of drug-likeness (QED) is 0.679. The predicted octanol–water partition coefficient (Wildman–Crippen LogP) is 0.924. The van der Waals surface area contributed by atoms with Crippen LogP contribution >= 0.6 is 0 Å². The van der Waals surface area contributed by atoms with Crippen LogP contribution in [0.15, 0.2) is 46.2 Å². The van der Waals surface area contributed by atoms with Crippen LogP contribution in [0.1, 0.15) is 19.4 Å². The molecule has 2 aromatic rings. The van der Waals surface area contributed by atoms with Crippen molar-refractivity contribution in [2.24, 2.45) is 0 Å². The summed E-state index contributed by atoms with van der Waals surface area (Å²) in [4.78, 5) is 24.4. The second-order valence-corrected chi connectivity index (χ2v) is 8.32. The molecule has 9 nitrogen and oxygen atoms in total. The van der Waals surface area contributed by atoms with Gasteiger partial charge in [0.15, 0.2) is 11.5 Å². The Bertz CT molecular complexity index is 1060. The van der Waals surface area contributed by atoms with Gasteiger partial charge in [0.2, 0.25) is 22.7 Å². The molecule has 1 amide bonds. The molecule has 0 bridgehead atoms. The van der Waals surface area contributed by atoms with E-state index in [1.807, 2.05) is 0 Å². The van der Waals surface area contributed by atoms with E-state index < -0.39 is 21.5 Å². The van der Waals surface area contributed by atoms with Gasteiger partial charge in [-0.2, -0.15) is 4.31 Å². The van der Waals surface area contributed by atoms with E-state index in [4.69, 9.17) is 9.47 Å². The molecule has 1 aromatic heterocycles. The Morgan fingerprint density at radius 2 is 1.86 bits per heavy atom. The number of carbonyl (C=O) groups excluding carboxylic acids is 1. The van der Waals surface area contributed by atoms with Crippen LogP contribution in [0.25, 0.3) is 0 Å². The third-order valence-electron chi connectivity index (χ3n) is 4.54. The molecule has 1 aliphatic heterocycles. The minimum absolute atomic E-state index is 0.0237. The molecule has 1 aliphatic rings. The van der Waals surface area contributed by atoms with Crippen molar-refractivity contribution in [3.05, 3.63) is 52.4 Å². The van der Waals surface area contributed by atoms with Gasteiger partial charge in [-0.15, -0.1) is 0 Å². The van der Waals surface area contributed by atoms with Crippen LogP contribution in [0, 0.1) is 0 Å². The standard InChI is InChI=1S/C19H23N3O6S/c1-3-22(4-2)29(25,26)15-6-8-19(24)21(11-15)12-18(23)20-10-14-5-7-16-17(9-14)28-13-27-16/h5-9,11H,3-4,10,12-13H2,1-2H3,(H,20,23). The molecule has 29 heavy (non-hydrogen) atoms. The molecule has 2 heterocycles. The third-order valence-corrected chi connectivity index (χ3v) is 6.57. The van der Waals surface area contributed by atoms with Crippen LogP contribution in [0.5, 0.6) is 11.5 Å². The maximum absolute atomic E-state index is 12.6. The number of aromatic nitrogens is 1. The van der Waals surface area contributed by atoms with Crippen LogP contribution in [0.2, 0.25) is 0 Å². The minimum atomic E-state index is -3.72. The number of carbonyl (C=O) groups is 1. The van der Waals surface area contributed by atoms with Crippen LogP contribution in [0.3, 0.4) is 0 Å². The molecule has 3 rings (SSSR count). The van der Waals surface area contributed by atoms with Crippen molar-refractivity contribution < 1.29 is 22.7 Å². The number of hydrogen-bond donors (Lipinski definition) is 1. The third kappa shape index (κ3) is 4.60. The van der Waals surface area contributed by atoms with Crippen LogP contribution in [-0.2, 0) is 27.9 Å². The van der Waals surface area contributed by atoms with Gasteiger partial charge in [0, 0.05) is 31.9 Å². The van der Waals surface area contributed by atoms with Gasteiger partial charge in [0.05, 0.1) is 4.90 Å². The molecule has 0 aliphatic carbocycles. The molecular formula is C19H23N3O6S. The Morgan fingerprint density at radius 1 is 1.14 bits per heavy atom. The lowest BCUT2D eigenvalue weighted by molar-refractivity contribution is -0.121. The first-order valence-electron chi connectivity index (χ1n) is 9.21. The second kappa shape index (κ2) is 8.66. The van der Waals surface area contributed by atoms with Crippen LogP contribution in [0.4, 0.5) is 0 Å². The van der Waals surface area contributed by atoms with Gasteiger partial charge in [-0.25, -0.2) is 8.42 Å². The monoisotopic (exact) mass is 421 g/mol. The van der Waals surface area contributed by atoms with E-state index in [9.17, 15) is 18.0 Å². The highest BCUT2D eigenvalue weighted by atomic mass is 32.2. The number of pyridine rings is 1. The van der Waals surface area contributed by atoms with Crippen LogP contribution < -0.4 is 20.3 Å². The predicted molar refractivity (Wildman–Crippen MR) is 105 cm³/mol. The van der Waals surface area contributed by atoms with Crippen molar-refractivity contribution >= 4 is 15.9 Å². The van der Waals surface area contributed by atoms with E-state index in [-0.39, 0.29) is 24.8 Å². The van der Waals surface area contributed by atoms with Gasteiger partial charge in [-0.05, 0) is 23.8 Å². The first-order valence-corrected chi connectivity index (χ1v) is 10.6. The highest BCUT2D eigenvalue weighted by Crippen LogP contribution is 2.32. The number of amides is 1. The number of ether oxygens (including phenoxy) is 2. The number of nitrogens with zero attached hydrogens (tertiary/aromatic N) is 2. The lowest BCUT2D eigenvalue weighted by Gasteiger charge is -2.19. The minimum Gasteiger partial charge on any atom is -0.454 e. The van der Waals surface area contributed by atoms with E-state index in [2.05, 4.69) is 5.32 Å². The molecule has 156 valence electrons. The van der Waals surface area contributed by atoms with Crippen molar-refractivity contribution in [2.45, 2.75) is 31.8 Å². The topological polar surface area (TPSA) is 107 Å². The molecule has 0 unspecified atom stereocenters. The number of rotatable bonds is 8. The highest BCUT2D eigenvalue weighted by molar-refractivity contribution is 7.89. The van der Waals surface area contributed by atoms with Crippen molar-refractivity contribution in [1.82, 2.24) is 14.2 Å². The number of benzene rings is 1. The summed E-state index contributed by atoms with van der Waals surface area (Å²) in [6.07, 6.45) is 1.20. The summed E-state index contributed by atoms with van der Waals surface area (Å²) in [7, 11) is -3.72. The molecular weight excluding hydrogens is 398 g/mol. The van der Waals surface area contributed by atoms with Crippen LogP contribution in [-0.4, -0.2) is 43.1 Å². The Kier molecular flexibility index (Phi) is 6.23. The maximum Gasteiger partial charge on any atom is 0.251 e. The second-order valence-electron chi connectivity index (χ2n) is 6.38. The van der Waals surface area contributed by atoms with Gasteiger partial charge >= 0.3 is 0 Å². The van der Waals surface area contributed by atoms with E-state index >= 15 is 0 Å². The summed E-state index contributed by atoms with van der Waals surface area (Å²) in [5.74, 6) is 0.849. The van der Waals surface area contributed by atoms with E-state index in [1.165, 1.54) is 16.6 Å². The summed E-state index contributed by atoms with van der Waals surface area (Å²) >= 11 is 0. The fraction of sp³-hybridized carbons (Fsp3) is 0.368. The summed E-state index contributed by atoms with van der Waals surface area (Å²) in [5.41, 5.74) is 0.356. The number of nitrogens with one attached hydrogen (secondary N) is 1.